The summed E-state index contributed by atoms with van der Waals surface area (Å²) < 4.78 is 1.71. The maximum atomic E-state index is 11.6. The van der Waals surface area contributed by atoms with Gasteiger partial charge in [0.25, 0.3) is 0 Å². The third kappa shape index (κ3) is 3.66. The molecular weight excluding hydrogens is 270 g/mol. The molecule has 19 heavy (non-hydrogen) atoms. The molecule has 1 amide bonds. The summed E-state index contributed by atoms with van der Waals surface area (Å²) in [4.78, 5) is 22.4. The van der Waals surface area contributed by atoms with Gasteiger partial charge in [0.1, 0.15) is 6.04 Å². The van der Waals surface area contributed by atoms with E-state index in [2.05, 4.69) is 20.8 Å². The zero-order valence-corrected chi connectivity index (χ0v) is 11.3. The van der Waals surface area contributed by atoms with Gasteiger partial charge in [0, 0.05) is 0 Å². The summed E-state index contributed by atoms with van der Waals surface area (Å²) in [5.74, 6) is -1.25. The molecule has 0 aromatic carbocycles. The predicted molar refractivity (Wildman–Crippen MR) is 66.7 cm³/mol. The van der Waals surface area contributed by atoms with E-state index in [9.17, 15) is 9.59 Å². The Bertz CT molecular complexity index is 473. The summed E-state index contributed by atoms with van der Waals surface area (Å²) in [5.41, 5.74) is 0. The van der Waals surface area contributed by atoms with Crippen LogP contribution in [0.4, 0.5) is 0 Å². The zero-order valence-electron chi connectivity index (χ0n) is 10.4. The number of hydrogen-bond acceptors (Lipinski definition) is 6. The Kier molecular flexibility index (Phi) is 4.35. The Morgan fingerprint density at radius 1 is 1.58 bits per heavy atom. The molecule has 0 spiro atoms. The molecule has 1 aliphatic rings. The van der Waals surface area contributed by atoms with Gasteiger partial charge in [0.05, 0.1) is 11.8 Å². The first-order valence-corrected chi connectivity index (χ1v) is 7.03. The first-order valence-electron chi connectivity index (χ1n) is 6.04. The molecule has 8 nitrogen and oxygen atoms in total. The molecule has 2 rings (SSSR count). The zero-order chi connectivity index (χ0) is 13.8. The van der Waals surface area contributed by atoms with E-state index in [1.54, 1.807) is 11.6 Å². The Morgan fingerprint density at radius 2 is 2.32 bits per heavy atom. The van der Waals surface area contributed by atoms with Crippen molar-refractivity contribution < 1.29 is 14.7 Å². The van der Waals surface area contributed by atoms with Crippen LogP contribution in [0.25, 0.3) is 0 Å². The van der Waals surface area contributed by atoms with Crippen LogP contribution < -0.4 is 5.32 Å². The minimum absolute atomic E-state index is 0.108. The van der Waals surface area contributed by atoms with E-state index in [1.165, 1.54) is 11.8 Å². The molecule has 1 heterocycles. The minimum Gasteiger partial charge on any atom is -0.480 e. The Morgan fingerprint density at radius 3 is 2.89 bits per heavy atom. The van der Waals surface area contributed by atoms with Crippen molar-refractivity contribution in [3.63, 3.8) is 0 Å². The minimum atomic E-state index is -1.02. The lowest BCUT2D eigenvalue weighted by Crippen LogP contribution is -2.41. The molecule has 104 valence electrons. The van der Waals surface area contributed by atoms with Crippen LogP contribution in [-0.4, -0.2) is 49.0 Å². The molecule has 1 aliphatic carbocycles. The fourth-order valence-electron chi connectivity index (χ4n) is 1.53. The molecule has 0 saturated heterocycles. The van der Waals surface area contributed by atoms with Crippen molar-refractivity contribution in [3.8, 4) is 0 Å². The Labute approximate surface area is 113 Å². The molecular formula is C10H15N5O3S. The summed E-state index contributed by atoms with van der Waals surface area (Å²) in [5, 5.41) is 23.2. The lowest BCUT2D eigenvalue weighted by Gasteiger charge is -2.11. The van der Waals surface area contributed by atoms with Gasteiger partial charge in [-0.15, -0.1) is 5.10 Å². The number of thioether (sulfide) groups is 1. The van der Waals surface area contributed by atoms with Gasteiger partial charge in [-0.25, -0.2) is 9.48 Å². The van der Waals surface area contributed by atoms with Gasteiger partial charge in [-0.2, -0.15) is 0 Å². The van der Waals surface area contributed by atoms with Crippen LogP contribution in [0.3, 0.4) is 0 Å². The Hall–Kier alpha value is -1.64. The number of carbonyl (C=O) groups is 2. The highest BCUT2D eigenvalue weighted by atomic mass is 32.2. The third-order valence-corrected chi connectivity index (χ3v) is 3.66. The number of rotatable bonds is 7. The molecule has 0 aliphatic heterocycles. The first kappa shape index (κ1) is 13.8. The molecule has 0 bridgehead atoms. The van der Waals surface area contributed by atoms with E-state index in [0.29, 0.717) is 17.6 Å². The van der Waals surface area contributed by atoms with Crippen molar-refractivity contribution in [3.05, 3.63) is 0 Å². The maximum Gasteiger partial charge on any atom is 0.326 e. The van der Waals surface area contributed by atoms with Crippen LogP contribution in [0, 0.1) is 0 Å². The maximum absolute atomic E-state index is 11.6. The predicted octanol–water partition coefficient (Wildman–Crippen LogP) is 0.0795. The average Bonchev–Trinajstić information content (AvgIpc) is 3.12. The van der Waals surface area contributed by atoms with Crippen molar-refractivity contribution in [2.45, 2.75) is 43.4 Å². The van der Waals surface area contributed by atoms with Crippen LogP contribution >= 0.6 is 11.8 Å². The number of carboxylic acid groups (broad SMARTS) is 1. The number of carboxylic acids is 1. The first-order chi connectivity index (χ1) is 9.11. The number of hydrogen-bond donors (Lipinski definition) is 2. The number of carbonyl (C=O) groups excluding carboxylic acids is 1. The van der Waals surface area contributed by atoms with E-state index in [4.69, 9.17) is 5.11 Å². The third-order valence-electron chi connectivity index (χ3n) is 2.73. The highest BCUT2D eigenvalue weighted by Gasteiger charge is 2.28. The lowest BCUT2D eigenvalue weighted by molar-refractivity contribution is -0.141. The van der Waals surface area contributed by atoms with Gasteiger partial charge < -0.3 is 10.4 Å². The summed E-state index contributed by atoms with van der Waals surface area (Å²) in [6, 6.07) is -0.490. The van der Waals surface area contributed by atoms with Crippen LogP contribution in [0.5, 0.6) is 0 Å². The molecule has 1 fully saturated rings. The van der Waals surface area contributed by atoms with Crippen molar-refractivity contribution >= 4 is 23.6 Å². The van der Waals surface area contributed by atoms with Crippen molar-refractivity contribution in [1.29, 1.82) is 0 Å². The number of nitrogens with one attached hydrogen (secondary N) is 1. The molecule has 1 atom stereocenters. The number of tetrazole rings is 1. The van der Waals surface area contributed by atoms with Crippen LogP contribution in [0.2, 0.25) is 0 Å². The quantitative estimate of drug-likeness (QED) is 0.682. The number of aromatic nitrogens is 4. The summed E-state index contributed by atoms with van der Waals surface area (Å²) in [7, 11) is 0. The summed E-state index contributed by atoms with van der Waals surface area (Å²) in [6.45, 7) is 1.71. The van der Waals surface area contributed by atoms with Crippen molar-refractivity contribution in [2.75, 3.05) is 5.75 Å². The SMILES string of the molecule is CC[C@@H](NC(=O)CSc1nnnn1C1CC1)C(=O)O. The highest BCUT2D eigenvalue weighted by molar-refractivity contribution is 7.99. The van der Waals surface area contributed by atoms with Crippen LogP contribution in [-0.2, 0) is 9.59 Å². The van der Waals surface area contributed by atoms with Gasteiger partial charge in [-0.05, 0) is 29.7 Å². The molecule has 2 N–H and O–H groups in total. The smallest absolute Gasteiger partial charge is 0.326 e. The molecule has 0 radical (unpaired) electrons. The fraction of sp³-hybridized carbons (Fsp3) is 0.700. The largest absolute Gasteiger partial charge is 0.480 e. The average molecular weight is 285 g/mol. The topological polar surface area (TPSA) is 110 Å². The molecule has 1 aromatic heterocycles. The number of amides is 1. The van der Waals surface area contributed by atoms with Crippen molar-refractivity contribution in [1.82, 2.24) is 25.5 Å². The van der Waals surface area contributed by atoms with E-state index in [-0.39, 0.29) is 11.7 Å². The van der Waals surface area contributed by atoms with E-state index in [0.717, 1.165) is 12.8 Å². The summed E-state index contributed by atoms with van der Waals surface area (Å²) >= 11 is 1.22. The monoisotopic (exact) mass is 285 g/mol. The van der Waals surface area contributed by atoms with Gasteiger partial charge in [0.15, 0.2) is 0 Å². The molecule has 0 unspecified atom stereocenters. The van der Waals surface area contributed by atoms with Gasteiger partial charge in [0.2, 0.25) is 11.1 Å². The van der Waals surface area contributed by atoms with E-state index in [1.807, 2.05) is 0 Å². The second-order valence-electron chi connectivity index (χ2n) is 4.29. The molecule has 1 saturated carbocycles. The second kappa shape index (κ2) is 6.00. The summed E-state index contributed by atoms with van der Waals surface area (Å²) in [6.07, 6.45) is 2.47. The van der Waals surface area contributed by atoms with Gasteiger partial charge >= 0.3 is 5.97 Å². The van der Waals surface area contributed by atoms with E-state index >= 15 is 0 Å². The number of aliphatic carboxylic acids is 1. The van der Waals surface area contributed by atoms with Crippen LogP contribution in [0.15, 0.2) is 5.16 Å². The second-order valence-corrected chi connectivity index (χ2v) is 5.23. The molecule has 1 aromatic rings. The molecule has 9 heteroatoms. The standard InChI is InChI=1S/C10H15N5O3S/c1-2-7(9(17)18)11-8(16)5-19-10-12-13-14-15(10)6-3-4-6/h6-7H,2-5H2,1H3,(H,11,16)(H,17,18)/t7-/m1/s1. The van der Waals surface area contributed by atoms with E-state index < -0.39 is 12.0 Å². The van der Waals surface area contributed by atoms with Crippen molar-refractivity contribution in [2.24, 2.45) is 0 Å². The number of nitrogens with zero attached hydrogens (tertiary/aromatic N) is 4. The Balaban J connectivity index is 1.82. The van der Waals surface area contributed by atoms with Crippen LogP contribution in [0.1, 0.15) is 32.2 Å². The van der Waals surface area contributed by atoms with Gasteiger partial charge in [-0.1, -0.05) is 18.7 Å². The lowest BCUT2D eigenvalue weighted by atomic mass is 10.2. The fourth-order valence-corrected chi connectivity index (χ4v) is 2.29. The van der Waals surface area contributed by atoms with Gasteiger partial charge in [-0.3, -0.25) is 4.79 Å². The normalized spacial score (nSPS) is 16.1. The highest BCUT2D eigenvalue weighted by Crippen LogP contribution is 2.36.